The number of imidazole rings is 1. The van der Waals surface area contributed by atoms with Gasteiger partial charge in [0.15, 0.2) is 0 Å². The summed E-state index contributed by atoms with van der Waals surface area (Å²) in [5.41, 5.74) is 3.07. The fraction of sp³-hybridized carbons (Fsp3) is 0.320. The summed E-state index contributed by atoms with van der Waals surface area (Å²) in [6.45, 7) is 3.06. The number of nitrogens with one attached hydrogen (secondary N) is 3. The minimum absolute atomic E-state index is 0.00129. The van der Waals surface area contributed by atoms with Crippen molar-refractivity contribution in [3.63, 3.8) is 0 Å². The zero-order valence-corrected chi connectivity index (χ0v) is 18.8. The van der Waals surface area contributed by atoms with Gasteiger partial charge in [-0.2, -0.15) is 0 Å². The second-order valence-electron chi connectivity index (χ2n) is 7.65. The normalized spacial score (nSPS) is 11.6. The Morgan fingerprint density at radius 2 is 1.88 bits per heavy atom. The molecule has 0 aliphatic carbocycles. The van der Waals surface area contributed by atoms with E-state index in [2.05, 4.69) is 27.4 Å². The van der Waals surface area contributed by atoms with Crippen LogP contribution in [0.4, 0.5) is 9.18 Å². The summed E-state index contributed by atoms with van der Waals surface area (Å²) in [7, 11) is 0. The van der Waals surface area contributed by atoms with Crippen molar-refractivity contribution in [3.8, 4) is 0 Å². The Morgan fingerprint density at radius 1 is 1.15 bits per heavy atom. The predicted octanol–water partition coefficient (Wildman–Crippen LogP) is 4.69. The van der Waals surface area contributed by atoms with Gasteiger partial charge in [0.1, 0.15) is 5.82 Å². The molecule has 0 fully saturated rings. The number of aryl methyl sites for hydroxylation is 1. The number of halogens is 1. The third-order valence-corrected chi connectivity index (χ3v) is 5.39. The molecule has 0 saturated heterocycles. The molecule has 1 aromatic heterocycles. The van der Waals surface area contributed by atoms with Gasteiger partial charge in [0, 0.05) is 25.2 Å². The highest BCUT2D eigenvalue weighted by Gasteiger charge is 2.19. The molecule has 2 aromatic carbocycles. The molecule has 33 heavy (non-hydrogen) atoms. The minimum atomic E-state index is -0.641. The first-order chi connectivity index (χ1) is 16.1. The molecule has 3 N–H and O–H groups in total. The smallest absolute Gasteiger partial charge is 0.413 e. The minimum Gasteiger partial charge on any atom is -0.450 e. The van der Waals surface area contributed by atoms with Gasteiger partial charge in [-0.1, -0.05) is 42.5 Å². The number of benzene rings is 2. The number of amides is 1. The number of carbonyl (C=O) groups excluding carboxylic acids is 1. The van der Waals surface area contributed by atoms with Crippen LogP contribution in [-0.4, -0.2) is 46.6 Å². The van der Waals surface area contributed by atoms with Crippen LogP contribution in [0.5, 0.6) is 0 Å². The zero-order valence-electron chi connectivity index (χ0n) is 18.8. The fourth-order valence-electron chi connectivity index (χ4n) is 3.75. The van der Waals surface area contributed by atoms with Crippen LogP contribution >= 0.6 is 0 Å². The average molecular weight is 452 g/mol. The molecular weight excluding hydrogens is 421 g/mol. The molecule has 0 aliphatic heterocycles. The lowest BCUT2D eigenvalue weighted by molar-refractivity contribution is 0.156. The SMILES string of the molecule is CCOC(=O)NC(=N)N(CCCc1c[nH]cn1)CCC(c1ccccc1)c1ccc(F)cc1. The molecule has 7 nitrogen and oxygen atoms in total. The molecular formula is C25H30FN5O2. The highest BCUT2D eigenvalue weighted by molar-refractivity contribution is 5.92. The Hall–Kier alpha value is -3.68. The number of ether oxygens (including phenoxy) is 1. The molecule has 0 radical (unpaired) electrons. The van der Waals surface area contributed by atoms with Crippen LogP contribution in [0.3, 0.4) is 0 Å². The summed E-state index contributed by atoms with van der Waals surface area (Å²) in [4.78, 5) is 20.9. The topological polar surface area (TPSA) is 94.1 Å². The van der Waals surface area contributed by atoms with Crippen LogP contribution in [0, 0.1) is 11.2 Å². The van der Waals surface area contributed by atoms with Crippen molar-refractivity contribution < 1.29 is 13.9 Å². The first-order valence-electron chi connectivity index (χ1n) is 11.1. The molecule has 1 heterocycles. The third kappa shape index (κ3) is 7.45. The number of alkyl carbamates (subject to hydrolysis) is 1. The number of H-pyrrole nitrogens is 1. The molecule has 0 spiro atoms. The van der Waals surface area contributed by atoms with E-state index in [-0.39, 0.29) is 24.3 Å². The fourth-order valence-corrected chi connectivity index (χ4v) is 3.75. The molecule has 0 bridgehead atoms. The summed E-state index contributed by atoms with van der Waals surface area (Å²) in [6.07, 6.45) is 5.07. The van der Waals surface area contributed by atoms with Crippen LogP contribution in [-0.2, 0) is 11.2 Å². The second-order valence-corrected chi connectivity index (χ2v) is 7.65. The first-order valence-corrected chi connectivity index (χ1v) is 11.1. The average Bonchev–Trinajstić information content (AvgIpc) is 3.33. The first kappa shape index (κ1) is 24.0. The number of guanidine groups is 1. The molecule has 0 aliphatic rings. The van der Waals surface area contributed by atoms with Crippen LogP contribution in [0.15, 0.2) is 67.1 Å². The molecule has 3 rings (SSSR count). The maximum atomic E-state index is 13.5. The lowest BCUT2D eigenvalue weighted by Gasteiger charge is -2.27. The maximum Gasteiger partial charge on any atom is 0.413 e. The van der Waals surface area contributed by atoms with E-state index in [1.807, 2.05) is 29.3 Å². The predicted molar refractivity (Wildman–Crippen MR) is 126 cm³/mol. The quantitative estimate of drug-likeness (QED) is 0.308. The van der Waals surface area contributed by atoms with Gasteiger partial charge in [-0.15, -0.1) is 0 Å². The molecule has 8 heteroatoms. The van der Waals surface area contributed by atoms with Crippen LogP contribution in [0.1, 0.15) is 42.5 Å². The Kier molecular flexibility index (Phi) is 8.99. The van der Waals surface area contributed by atoms with Crippen LogP contribution < -0.4 is 5.32 Å². The van der Waals surface area contributed by atoms with Gasteiger partial charge in [-0.25, -0.2) is 14.2 Å². The number of carbonyl (C=O) groups is 1. The number of aromatic nitrogens is 2. The van der Waals surface area contributed by atoms with Crippen molar-refractivity contribution in [2.75, 3.05) is 19.7 Å². The van der Waals surface area contributed by atoms with Gasteiger partial charge >= 0.3 is 6.09 Å². The van der Waals surface area contributed by atoms with E-state index in [0.717, 1.165) is 29.7 Å². The Labute approximate surface area is 193 Å². The number of nitrogens with zero attached hydrogens (tertiary/aromatic N) is 2. The summed E-state index contributed by atoms with van der Waals surface area (Å²) in [6, 6.07) is 16.6. The highest BCUT2D eigenvalue weighted by atomic mass is 19.1. The van der Waals surface area contributed by atoms with Crippen molar-refractivity contribution in [2.24, 2.45) is 0 Å². The Bertz CT molecular complexity index is 993. The largest absolute Gasteiger partial charge is 0.450 e. The zero-order chi connectivity index (χ0) is 23.5. The van der Waals surface area contributed by atoms with Gasteiger partial charge in [-0.3, -0.25) is 10.7 Å². The number of hydrogen-bond acceptors (Lipinski definition) is 4. The van der Waals surface area contributed by atoms with Crippen molar-refractivity contribution in [2.45, 2.75) is 32.1 Å². The Balaban J connectivity index is 1.72. The second kappa shape index (κ2) is 12.4. The third-order valence-electron chi connectivity index (χ3n) is 5.39. The molecule has 1 amide bonds. The lowest BCUT2D eigenvalue weighted by atomic mass is 9.88. The molecule has 174 valence electrons. The molecule has 0 saturated carbocycles. The van der Waals surface area contributed by atoms with Crippen LogP contribution in [0.2, 0.25) is 0 Å². The number of aromatic amines is 1. The van der Waals surface area contributed by atoms with Gasteiger partial charge in [0.25, 0.3) is 0 Å². The van der Waals surface area contributed by atoms with E-state index >= 15 is 0 Å². The number of rotatable bonds is 10. The molecule has 1 atom stereocenters. The maximum absolute atomic E-state index is 13.5. The standard InChI is InChI=1S/C25H30FN5O2/c1-2-33-25(32)30-24(27)31(15-6-9-22-17-28-18-29-22)16-14-23(19-7-4-3-5-8-19)20-10-12-21(26)13-11-20/h3-5,7-8,10-13,17-18,23H,2,6,9,14-16H2,1H3,(H,28,29)(H2,27,30,32). The summed E-state index contributed by atoms with van der Waals surface area (Å²) in [5.74, 6) is -0.247. The van der Waals surface area contributed by atoms with E-state index < -0.39 is 6.09 Å². The molecule has 1 unspecified atom stereocenters. The summed E-state index contributed by atoms with van der Waals surface area (Å²) < 4.78 is 18.5. The molecule has 3 aromatic rings. The van der Waals surface area contributed by atoms with Gasteiger partial charge in [0.05, 0.1) is 18.6 Å². The highest BCUT2D eigenvalue weighted by Crippen LogP contribution is 2.28. The number of hydrogen-bond donors (Lipinski definition) is 3. The van der Waals surface area contributed by atoms with E-state index in [1.54, 1.807) is 25.4 Å². The van der Waals surface area contributed by atoms with E-state index in [0.29, 0.717) is 19.5 Å². The van der Waals surface area contributed by atoms with Crippen LogP contribution in [0.25, 0.3) is 0 Å². The van der Waals surface area contributed by atoms with Gasteiger partial charge in [-0.05, 0) is 49.4 Å². The van der Waals surface area contributed by atoms with Crippen molar-refractivity contribution in [1.29, 1.82) is 5.41 Å². The summed E-state index contributed by atoms with van der Waals surface area (Å²) in [5, 5.41) is 10.9. The monoisotopic (exact) mass is 451 g/mol. The lowest BCUT2D eigenvalue weighted by Crippen LogP contribution is -2.45. The van der Waals surface area contributed by atoms with E-state index in [1.165, 1.54) is 12.1 Å². The van der Waals surface area contributed by atoms with Crippen molar-refractivity contribution in [1.82, 2.24) is 20.2 Å². The van der Waals surface area contributed by atoms with Gasteiger partial charge in [0.2, 0.25) is 5.96 Å². The van der Waals surface area contributed by atoms with Gasteiger partial charge < -0.3 is 14.6 Å². The van der Waals surface area contributed by atoms with Crippen molar-refractivity contribution in [3.05, 3.63) is 89.8 Å². The Morgan fingerprint density at radius 3 is 2.55 bits per heavy atom. The van der Waals surface area contributed by atoms with E-state index in [4.69, 9.17) is 10.1 Å². The van der Waals surface area contributed by atoms with E-state index in [9.17, 15) is 9.18 Å². The van der Waals surface area contributed by atoms with Crippen molar-refractivity contribution >= 4 is 12.1 Å². The summed E-state index contributed by atoms with van der Waals surface area (Å²) >= 11 is 0.